The second kappa shape index (κ2) is 7.14. The number of rotatable bonds is 3. The SMILES string of the molecule is Cc1cc(=O)c(C(=O)NC2CCNC(C)C2)nn1-c1ccccc1F. The Labute approximate surface area is 145 Å². The summed E-state index contributed by atoms with van der Waals surface area (Å²) in [6.45, 7) is 4.51. The Balaban J connectivity index is 1.91. The lowest BCUT2D eigenvalue weighted by Gasteiger charge is -2.28. The average Bonchev–Trinajstić information content (AvgIpc) is 2.56. The Hall–Kier alpha value is -2.54. The van der Waals surface area contributed by atoms with Crippen molar-refractivity contribution >= 4 is 5.91 Å². The molecule has 1 fully saturated rings. The zero-order valence-corrected chi connectivity index (χ0v) is 14.3. The molecule has 0 spiro atoms. The minimum atomic E-state index is -0.519. The highest BCUT2D eigenvalue weighted by atomic mass is 19.1. The van der Waals surface area contributed by atoms with Crippen LogP contribution in [0.3, 0.4) is 0 Å². The fourth-order valence-corrected chi connectivity index (χ4v) is 3.09. The highest BCUT2D eigenvalue weighted by molar-refractivity contribution is 5.92. The molecule has 132 valence electrons. The molecule has 2 atom stereocenters. The summed E-state index contributed by atoms with van der Waals surface area (Å²) < 4.78 is 15.3. The van der Waals surface area contributed by atoms with Crippen molar-refractivity contribution in [3.05, 3.63) is 57.8 Å². The molecule has 25 heavy (non-hydrogen) atoms. The first-order valence-electron chi connectivity index (χ1n) is 8.36. The molecule has 7 heteroatoms. The molecule has 2 heterocycles. The first-order valence-corrected chi connectivity index (χ1v) is 8.36. The summed E-state index contributed by atoms with van der Waals surface area (Å²) in [5.74, 6) is -0.991. The maximum Gasteiger partial charge on any atom is 0.276 e. The number of carbonyl (C=O) groups excluding carboxylic acids is 1. The van der Waals surface area contributed by atoms with E-state index >= 15 is 0 Å². The quantitative estimate of drug-likeness (QED) is 0.886. The molecule has 1 aromatic carbocycles. The lowest BCUT2D eigenvalue weighted by molar-refractivity contribution is 0.0917. The predicted molar refractivity (Wildman–Crippen MR) is 92.5 cm³/mol. The van der Waals surface area contributed by atoms with E-state index in [1.54, 1.807) is 25.1 Å². The number of aromatic nitrogens is 2. The molecule has 0 aliphatic carbocycles. The summed E-state index contributed by atoms with van der Waals surface area (Å²) in [4.78, 5) is 24.7. The van der Waals surface area contributed by atoms with Crippen molar-refractivity contribution in [2.75, 3.05) is 6.54 Å². The van der Waals surface area contributed by atoms with Crippen molar-refractivity contribution < 1.29 is 9.18 Å². The monoisotopic (exact) mass is 344 g/mol. The number of piperidine rings is 1. The Morgan fingerprint density at radius 2 is 2.16 bits per heavy atom. The number of halogens is 1. The summed E-state index contributed by atoms with van der Waals surface area (Å²) >= 11 is 0. The van der Waals surface area contributed by atoms with Gasteiger partial charge in [-0.25, -0.2) is 9.07 Å². The van der Waals surface area contributed by atoms with Gasteiger partial charge in [0.1, 0.15) is 11.5 Å². The van der Waals surface area contributed by atoms with Gasteiger partial charge in [0.25, 0.3) is 5.91 Å². The molecule has 2 unspecified atom stereocenters. The summed E-state index contributed by atoms with van der Waals surface area (Å²) in [6, 6.07) is 7.71. The van der Waals surface area contributed by atoms with E-state index in [1.165, 1.54) is 16.8 Å². The molecule has 3 rings (SSSR count). The molecule has 1 aromatic heterocycles. The molecule has 1 amide bonds. The van der Waals surface area contributed by atoms with Gasteiger partial charge < -0.3 is 10.6 Å². The average molecular weight is 344 g/mol. The predicted octanol–water partition coefficient (Wildman–Crippen LogP) is 1.55. The number of benzene rings is 1. The van der Waals surface area contributed by atoms with Crippen molar-refractivity contribution in [2.45, 2.75) is 38.8 Å². The minimum absolute atomic E-state index is 0.00633. The van der Waals surface area contributed by atoms with Crippen LogP contribution >= 0.6 is 0 Å². The van der Waals surface area contributed by atoms with Crippen LogP contribution < -0.4 is 16.1 Å². The van der Waals surface area contributed by atoms with Gasteiger partial charge >= 0.3 is 0 Å². The van der Waals surface area contributed by atoms with Crippen molar-refractivity contribution in [2.24, 2.45) is 0 Å². The van der Waals surface area contributed by atoms with Crippen LogP contribution in [0.1, 0.15) is 35.9 Å². The van der Waals surface area contributed by atoms with E-state index in [4.69, 9.17) is 0 Å². The largest absolute Gasteiger partial charge is 0.348 e. The molecule has 6 nitrogen and oxygen atoms in total. The third-order valence-corrected chi connectivity index (χ3v) is 4.36. The second-order valence-corrected chi connectivity index (χ2v) is 6.41. The summed E-state index contributed by atoms with van der Waals surface area (Å²) in [7, 11) is 0. The zero-order valence-electron chi connectivity index (χ0n) is 14.3. The van der Waals surface area contributed by atoms with Gasteiger partial charge in [-0.05, 0) is 45.4 Å². The highest BCUT2D eigenvalue weighted by Gasteiger charge is 2.23. The van der Waals surface area contributed by atoms with Gasteiger partial charge in [-0.2, -0.15) is 5.10 Å². The molecule has 0 bridgehead atoms. The fraction of sp³-hybridized carbons (Fsp3) is 0.389. The summed E-state index contributed by atoms with van der Waals surface area (Å²) in [6.07, 6.45) is 1.59. The molecule has 1 aliphatic rings. The molecule has 1 aliphatic heterocycles. The van der Waals surface area contributed by atoms with E-state index in [0.29, 0.717) is 11.7 Å². The van der Waals surface area contributed by atoms with Crippen LogP contribution in [0.15, 0.2) is 35.1 Å². The van der Waals surface area contributed by atoms with Crippen LogP contribution in [-0.4, -0.2) is 34.3 Å². The standard InChI is InChI=1S/C18H21FN4O2/c1-11-9-13(7-8-20-11)21-18(25)17-16(24)10-12(2)23(22-17)15-6-4-3-5-14(15)19/h3-6,10-11,13,20H,7-9H2,1-2H3,(H,21,25). The number of amides is 1. The van der Waals surface area contributed by atoms with Crippen LogP contribution in [-0.2, 0) is 0 Å². The molecule has 2 aromatic rings. The van der Waals surface area contributed by atoms with Crippen LogP contribution in [0.5, 0.6) is 0 Å². The number of nitrogens with one attached hydrogen (secondary N) is 2. The number of hydrogen-bond acceptors (Lipinski definition) is 4. The van der Waals surface area contributed by atoms with Gasteiger partial charge in [0, 0.05) is 23.8 Å². The summed E-state index contributed by atoms with van der Waals surface area (Å²) in [5, 5.41) is 10.3. The number of hydrogen-bond donors (Lipinski definition) is 2. The van der Waals surface area contributed by atoms with Gasteiger partial charge in [0.05, 0.1) is 0 Å². The number of carbonyl (C=O) groups is 1. The van der Waals surface area contributed by atoms with Crippen LogP contribution in [0.2, 0.25) is 0 Å². The maximum absolute atomic E-state index is 14.1. The van der Waals surface area contributed by atoms with Crippen molar-refractivity contribution in [1.82, 2.24) is 20.4 Å². The van der Waals surface area contributed by atoms with Crippen LogP contribution in [0, 0.1) is 12.7 Å². The zero-order chi connectivity index (χ0) is 18.0. The third-order valence-electron chi connectivity index (χ3n) is 4.36. The van der Waals surface area contributed by atoms with Crippen molar-refractivity contribution in [3.8, 4) is 5.69 Å². The van der Waals surface area contributed by atoms with E-state index < -0.39 is 17.2 Å². The Morgan fingerprint density at radius 3 is 2.88 bits per heavy atom. The first-order chi connectivity index (χ1) is 12.0. The Bertz CT molecular complexity index is 849. The van der Waals surface area contributed by atoms with E-state index in [1.807, 2.05) is 6.92 Å². The minimum Gasteiger partial charge on any atom is -0.348 e. The highest BCUT2D eigenvalue weighted by Crippen LogP contribution is 2.13. The van der Waals surface area contributed by atoms with Crippen molar-refractivity contribution in [3.63, 3.8) is 0 Å². The van der Waals surface area contributed by atoms with Crippen LogP contribution in [0.4, 0.5) is 4.39 Å². The van der Waals surface area contributed by atoms with E-state index in [9.17, 15) is 14.0 Å². The molecule has 2 N–H and O–H groups in total. The van der Waals surface area contributed by atoms with E-state index in [0.717, 1.165) is 19.4 Å². The maximum atomic E-state index is 14.1. The summed E-state index contributed by atoms with van der Waals surface area (Å²) in [5.41, 5.74) is -0.0312. The molecule has 0 saturated carbocycles. The fourth-order valence-electron chi connectivity index (χ4n) is 3.09. The molecule has 1 saturated heterocycles. The van der Waals surface area contributed by atoms with Gasteiger partial charge in [-0.3, -0.25) is 9.59 Å². The van der Waals surface area contributed by atoms with Gasteiger partial charge in [0.2, 0.25) is 5.43 Å². The van der Waals surface area contributed by atoms with Crippen molar-refractivity contribution in [1.29, 1.82) is 0 Å². The lowest BCUT2D eigenvalue weighted by Crippen LogP contribution is -2.47. The van der Waals surface area contributed by atoms with E-state index in [2.05, 4.69) is 15.7 Å². The molecular weight excluding hydrogens is 323 g/mol. The Kier molecular flexibility index (Phi) is 4.94. The smallest absolute Gasteiger partial charge is 0.276 e. The number of nitrogens with zero attached hydrogens (tertiary/aromatic N) is 2. The number of aryl methyl sites for hydroxylation is 1. The van der Waals surface area contributed by atoms with E-state index in [-0.39, 0.29) is 17.4 Å². The topological polar surface area (TPSA) is 76.0 Å². The van der Waals surface area contributed by atoms with Gasteiger partial charge in [0.15, 0.2) is 5.69 Å². The molecular formula is C18H21FN4O2. The number of para-hydroxylation sites is 1. The lowest BCUT2D eigenvalue weighted by atomic mass is 10.0. The first kappa shape index (κ1) is 17.3. The molecule has 0 radical (unpaired) electrons. The van der Waals surface area contributed by atoms with Crippen LogP contribution in [0.25, 0.3) is 5.69 Å². The van der Waals surface area contributed by atoms with Gasteiger partial charge in [-0.15, -0.1) is 0 Å². The van der Waals surface area contributed by atoms with Gasteiger partial charge in [-0.1, -0.05) is 12.1 Å². The Morgan fingerprint density at radius 1 is 1.40 bits per heavy atom. The third kappa shape index (κ3) is 3.76. The normalized spacial score (nSPS) is 20.3. The second-order valence-electron chi connectivity index (χ2n) is 6.41.